The summed E-state index contributed by atoms with van der Waals surface area (Å²) in [7, 11) is -3.71. The van der Waals surface area contributed by atoms with E-state index >= 15 is 0 Å². The summed E-state index contributed by atoms with van der Waals surface area (Å²) in [5, 5.41) is 4.81. The van der Waals surface area contributed by atoms with Crippen LogP contribution in [0.4, 0.5) is 10.8 Å². The fourth-order valence-corrected chi connectivity index (χ4v) is 4.69. The van der Waals surface area contributed by atoms with Crippen molar-refractivity contribution in [1.82, 2.24) is 4.98 Å². The van der Waals surface area contributed by atoms with E-state index in [-0.39, 0.29) is 15.9 Å². The van der Waals surface area contributed by atoms with Crippen molar-refractivity contribution in [3.8, 4) is 17.0 Å². The molecule has 4 rings (SSSR count). The molecule has 144 valence electrons. The summed E-state index contributed by atoms with van der Waals surface area (Å²) in [4.78, 5) is 16.3. The molecule has 2 N–H and O–H groups in total. The molecule has 1 aliphatic rings. The van der Waals surface area contributed by atoms with Gasteiger partial charge in [0.05, 0.1) is 16.3 Å². The van der Waals surface area contributed by atoms with Gasteiger partial charge in [0.15, 0.2) is 11.2 Å². The molecule has 0 aliphatic carbocycles. The molecule has 0 fully saturated rings. The Labute approximate surface area is 166 Å². The Hall–Kier alpha value is -2.91. The van der Waals surface area contributed by atoms with Gasteiger partial charge in [0.25, 0.3) is 15.9 Å². The minimum absolute atomic E-state index is 0.178. The third-order valence-electron chi connectivity index (χ3n) is 4.26. The van der Waals surface area contributed by atoms with Crippen molar-refractivity contribution in [1.29, 1.82) is 0 Å². The van der Waals surface area contributed by atoms with Crippen molar-refractivity contribution >= 4 is 38.1 Å². The molecule has 1 atom stereocenters. The van der Waals surface area contributed by atoms with Crippen LogP contribution < -0.4 is 14.8 Å². The number of carbonyl (C=O) groups excluding carboxylic acids is 1. The molecule has 1 amide bonds. The maximum absolute atomic E-state index is 12.5. The largest absolute Gasteiger partial charge is 0.479 e. The van der Waals surface area contributed by atoms with Gasteiger partial charge in [-0.3, -0.25) is 9.52 Å². The molecule has 1 aliphatic heterocycles. The van der Waals surface area contributed by atoms with Crippen LogP contribution in [-0.4, -0.2) is 25.4 Å². The van der Waals surface area contributed by atoms with Gasteiger partial charge in [0.1, 0.15) is 5.75 Å². The molecule has 2 heterocycles. The highest BCUT2D eigenvalue weighted by Crippen LogP contribution is 2.35. The zero-order valence-corrected chi connectivity index (χ0v) is 16.7. The number of amides is 1. The maximum Gasteiger partial charge on any atom is 0.265 e. The molecule has 9 heteroatoms. The number of sulfonamides is 1. The van der Waals surface area contributed by atoms with E-state index in [2.05, 4.69) is 15.0 Å². The lowest BCUT2D eigenvalue weighted by Gasteiger charge is -2.23. The Balaban J connectivity index is 1.57. The second-order valence-corrected chi connectivity index (χ2v) is 8.96. The minimum atomic E-state index is -3.71. The van der Waals surface area contributed by atoms with Crippen LogP contribution in [0, 0.1) is 6.92 Å². The number of hydrogen-bond donors (Lipinski definition) is 2. The van der Waals surface area contributed by atoms with Crippen LogP contribution in [0.5, 0.6) is 5.75 Å². The first kappa shape index (κ1) is 18.5. The summed E-state index contributed by atoms with van der Waals surface area (Å²) >= 11 is 1.19. The average molecular weight is 415 g/mol. The van der Waals surface area contributed by atoms with Crippen LogP contribution in [0.3, 0.4) is 0 Å². The van der Waals surface area contributed by atoms with Crippen LogP contribution in [0.15, 0.2) is 52.7 Å². The smallest absolute Gasteiger partial charge is 0.265 e. The summed E-state index contributed by atoms with van der Waals surface area (Å²) in [6, 6.07) is 11.9. The molecular formula is C19H17N3O4S2. The molecule has 7 nitrogen and oxygen atoms in total. The van der Waals surface area contributed by atoms with E-state index < -0.39 is 16.1 Å². The number of nitrogens with one attached hydrogen (secondary N) is 2. The predicted molar refractivity (Wildman–Crippen MR) is 108 cm³/mol. The second kappa shape index (κ2) is 6.92. The van der Waals surface area contributed by atoms with E-state index in [1.165, 1.54) is 11.3 Å². The van der Waals surface area contributed by atoms with E-state index in [9.17, 15) is 13.2 Å². The summed E-state index contributed by atoms with van der Waals surface area (Å²) in [6.07, 6.45) is -0.541. The number of fused-ring (bicyclic) bond motifs is 1. The first-order valence-corrected chi connectivity index (χ1v) is 10.8. The van der Waals surface area contributed by atoms with Crippen molar-refractivity contribution in [3.05, 3.63) is 53.4 Å². The molecule has 28 heavy (non-hydrogen) atoms. The molecular weight excluding hydrogens is 398 g/mol. The number of rotatable bonds is 4. The highest BCUT2D eigenvalue weighted by Gasteiger charge is 2.24. The number of anilines is 2. The van der Waals surface area contributed by atoms with Crippen molar-refractivity contribution in [2.24, 2.45) is 0 Å². The number of hydrogen-bond acceptors (Lipinski definition) is 6. The van der Waals surface area contributed by atoms with Crippen molar-refractivity contribution < 1.29 is 17.9 Å². The van der Waals surface area contributed by atoms with Gasteiger partial charge < -0.3 is 10.1 Å². The lowest BCUT2D eigenvalue weighted by molar-refractivity contribution is -0.122. The molecule has 3 aromatic rings. The van der Waals surface area contributed by atoms with Gasteiger partial charge in [0.2, 0.25) is 0 Å². The fraction of sp³-hybridized carbons (Fsp3) is 0.158. The summed E-state index contributed by atoms with van der Waals surface area (Å²) in [6.45, 7) is 3.57. The van der Waals surface area contributed by atoms with E-state index in [0.717, 1.165) is 11.1 Å². The highest BCUT2D eigenvalue weighted by atomic mass is 32.2. The number of aromatic nitrogens is 1. The Morgan fingerprint density at radius 1 is 1.18 bits per heavy atom. The van der Waals surface area contributed by atoms with E-state index in [0.29, 0.717) is 17.1 Å². The Bertz CT molecular complexity index is 1150. The van der Waals surface area contributed by atoms with E-state index in [4.69, 9.17) is 4.74 Å². The van der Waals surface area contributed by atoms with Crippen LogP contribution in [0.1, 0.15) is 12.5 Å². The van der Waals surface area contributed by atoms with Crippen LogP contribution in [0.25, 0.3) is 11.3 Å². The summed E-state index contributed by atoms with van der Waals surface area (Å²) < 4.78 is 33.1. The summed E-state index contributed by atoms with van der Waals surface area (Å²) in [5.41, 5.74) is 2.89. The molecule has 0 saturated carbocycles. The molecule has 0 saturated heterocycles. The quantitative estimate of drug-likeness (QED) is 0.678. The van der Waals surface area contributed by atoms with Gasteiger partial charge in [-0.05, 0) is 44.2 Å². The van der Waals surface area contributed by atoms with Gasteiger partial charge in [-0.2, -0.15) is 0 Å². The fourth-order valence-electron chi connectivity index (χ4n) is 2.71. The zero-order valence-electron chi connectivity index (χ0n) is 15.1. The second-order valence-electron chi connectivity index (χ2n) is 6.42. The average Bonchev–Trinajstić information content (AvgIpc) is 3.10. The molecule has 0 spiro atoms. The third kappa shape index (κ3) is 3.58. The molecule has 0 bridgehead atoms. The Kier molecular flexibility index (Phi) is 4.56. The lowest BCUT2D eigenvalue weighted by Crippen LogP contribution is -2.34. The number of ether oxygens (including phenoxy) is 1. The lowest BCUT2D eigenvalue weighted by atomic mass is 10.1. The summed E-state index contributed by atoms with van der Waals surface area (Å²) in [5.74, 6) is 0.376. The van der Waals surface area contributed by atoms with Gasteiger partial charge in [0, 0.05) is 10.9 Å². The Morgan fingerprint density at radius 2 is 1.93 bits per heavy atom. The highest BCUT2D eigenvalue weighted by molar-refractivity contribution is 7.93. The molecule has 0 radical (unpaired) electrons. The van der Waals surface area contributed by atoms with Crippen molar-refractivity contribution in [2.75, 3.05) is 10.0 Å². The van der Waals surface area contributed by atoms with Gasteiger partial charge in [-0.15, -0.1) is 11.3 Å². The normalized spacial score (nSPS) is 16.1. The van der Waals surface area contributed by atoms with E-state index in [1.54, 1.807) is 48.7 Å². The zero-order chi connectivity index (χ0) is 19.9. The third-order valence-corrected chi connectivity index (χ3v) is 6.51. The number of nitrogens with zero attached hydrogens (tertiary/aromatic N) is 1. The van der Waals surface area contributed by atoms with Crippen molar-refractivity contribution in [2.45, 2.75) is 24.8 Å². The van der Waals surface area contributed by atoms with Crippen LogP contribution in [-0.2, 0) is 14.8 Å². The SMILES string of the molecule is Cc1ccc(S(=O)(=O)Nc2nc(-c3ccc4c(c3)NC(=O)[C@@H](C)O4)cs2)cc1. The van der Waals surface area contributed by atoms with E-state index in [1.807, 2.05) is 13.0 Å². The maximum atomic E-state index is 12.5. The van der Waals surface area contributed by atoms with Crippen LogP contribution >= 0.6 is 11.3 Å². The topological polar surface area (TPSA) is 97.4 Å². The standard InChI is InChI=1S/C19H17N3O4S2/c1-11-3-6-14(7-4-11)28(24,25)22-19-21-16(10-27-19)13-5-8-17-15(9-13)20-18(23)12(2)26-17/h3-10,12H,1-2H3,(H,20,23)(H,21,22)/t12-/m1/s1. The first-order chi connectivity index (χ1) is 13.3. The molecule has 0 unspecified atom stereocenters. The van der Waals surface area contributed by atoms with Gasteiger partial charge in [-0.25, -0.2) is 13.4 Å². The first-order valence-electron chi connectivity index (χ1n) is 8.49. The van der Waals surface area contributed by atoms with Crippen LogP contribution in [0.2, 0.25) is 0 Å². The van der Waals surface area contributed by atoms with Crippen molar-refractivity contribution in [3.63, 3.8) is 0 Å². The number of aryl methyl sites for hydroxylation is 1. The van der Waals surface area contributed by atoms with Gasteiger partial charge in [-0.1, -0.05) is 17.7 Å². The van der Waals surface area contributed by atoms with Gasteiger partial charge >= 0.3 is 0 Å². The minimum Gasteiger partial charge on any atom is -0.479 e. The monoisotopic (exact) mass is 415 g/mol. The molecule has 1 aromatic heterocycles. The molecule has 2 aromatic carbocycles. The number of carbonyl (C=O) groups is 1. The number of benzene rings is 2. The Morgan fingerprint density at radius 3 is 2.68 bits per heavy atom. The predicted octanol–water partition coefficient (Wildman–Crippen LogP) is 3.64. The number of thiazole rings is 1.